The number of hydrogen-bond acceptors (Lipinski definition) is 6. The van der Waals surface area contributed by atoms with E-state index in [1.165, 1.54) is 11.8 Å². The summed E-state index contributed by atoms with van der Waals surface area (Å²) in [6.45, 7) is 9.61. The molecular weight excluding hydrogens is 382 g/mol. The highest BCUT2D eigenvalue weighted by molar-refractivity contribution is 8.00. The van der Waals surface area contributed by atoms with Crippen molar-refractivity contribution < 1.29 is 9.53 Å². The molecule has 6 nitrogen and oxygen atoms in total. The van der Waals surface area contributed by atoms with Crippen LogP contribution in [0.2, 0.25) is 0 Å². The number of carbonyl (C=O) groups is 1. The summed E-state index contributed by atoms with van der Waals surface area (Å²) in [5.74, 6) is 0.0104. The number of thiophene rings is 1. The number of aryl methyl sites for hydroxylation is 2. The second kappa shape index (κ2) is 8.75. The molecule has 2 heterocycles. The molecule has 0 saturated heterocycles. The van der Waals surface area contributed by atoms with Gasteiger partial charge in [-0.3, -0.25) is 14.2 Å². The van der Waals surface area contributed by atoms with Gasteiger partial charge < -0.3 is 10.1 Å². The van der Waals surface area contributed by atoms with E-state index in [9.17, 15) is 9.59 Å². The predicted molar refractivity (Wildman–Crippen MR) is 111 cm³/mol. The van der Waals surface area contributed by atoms with Crippen molar-refractivity contribution in [3.05, 3.63) is 20.8 Å². The number of thioether (sulfide) groups is 1. The third-order valence-corrected chi connectivity index (χ3v) is 6.89. The second-order valence-corrected chi connectivity index (χ2v) is 9.42. The average Bonchev–Trinajstić information content (AvgIpc) is 3.39. The fourth-order valence-electron chi connectivity index (χ4n) is 2.82. The minimum absolute atomic E-state index is 0.0104. The third-order valence-electron chi connectivity index (χ3n) is 4.70. The van der Waals surface area contributed by atoms with E-state index in [0.29, 0.717) is 36.3 Å². The van der Waals surface area contributed by atoms with Gasteiger partial charge in [-0.1, -0.05) is 11.8 Å². The molecule has 2 aromatic rings. The topological polar surface area (TPSA) is 73.2 Å². The van der Waals surface area contributed by atoms with Crippen molar-refractivity contribution in [1.29, 1.82) is 0 Å². The molecule has 1 saturated carbocycles. The first-order valence-corrected chi connectivity index (χ1v) is 11.2. The fraction of sp³-hybridized carbons (Fsp3) is 0.632. The van der Waals surface area contributed by atoms with Crippen molar-refractivity contribution in [3.8, 4) is 0 Å². The normalized spacial score (nSPS) is 15.3. The van der Waals surface area contributed by atoms with Crippen LogP contribution >= 0.6 is 23.1 Å². The van der Waals surface area contributed by atoms with Gasteiger partial charge >= 0.3 is 0 Å². The van der Waals surface area contributed by atoms with Gasteiger partial charge in [-0.2, -0.15) is 0 Å². The SMILES string of the molecule is CCOCCCn1c(S[C@@H](C)C(=O)NC2CC2)nc2sc(C)c(C)c2c1=O. The summed E-state index contributed by atoms with van der Waals surface area (Å²) in [5, 5.41) is 4.05. The summed E-state index contributed by atoms with van der Waals surface area (Å²) >= 11 is 2.90. The Bertz CT molecular complexity index is 886. The van der Waals surface area contributed by atoms with Crippen LogP contribution in [-0.2, 0) is 16.1 Å². The Kier molecular flexibility index (Phi) is 6.60. The molecule has 3 rings (SSSR count). The Morgan fingerprint density at radius 2 is 2.19 bits per heavy atom. The van der Waals surface area contributed by atoms with Gasteiger partial charge in [0.1, 0.15) is 4.83 Å². The monoisotopic (exact) mass is 409 g/mol. The van der Waals surface area contributed by atoms with Crippen molar-refractivity contribution in [2.24, 2.45) is 0 Å². The lowest BCUT2D eigenvalue weighted by Crippen LogP contribution is -2.33. The van der Waals surface area contributed by atoms with Crippen molar-refractivity contribution in [2.45, 2.75) is 70.0 Å². The maximum atomic E-state index is 13.2. The Balaban J connectivity index is 1.90. The molecule has 8 heteroatoms. The smallest absolute Gasteiger partial charge is 0.263 e. The summed E-state index contributed by atoms with van der Waals surface area (Å²) in [6, 6.07) is 0.326. The molecule has 2 aromatic heterocycles. The molecule has 1 atom stereocenters. The number of rotatable bonds is 9. The number of nitrogens with one attached hydrogen (secondary N) is 1. The molecule has 1 N–H and O–H groups in total. The molecule has 1 fully saturated rings. The predicted octanol–water partition coefficient (Wildman–Crippen LogP) is 3.26. The van der Waals surface area contributed by atoms with Gasteiger partial charge in [0.25, 0.3) is 5.56 Å². The van der Waals surface area contributed by atoms with E-state index in [1.807, 2.05) is 27.7 Å². The molecule has 1 aliphatic rings. The van der Waals surface area contributed by atoms with Crippen LogP contribution in [0.15, 0.2) is 9.95 Å². The summed E-state index contributed by atoms with van der Waals surface area (Å²) in [5.41, 5.74) is 0.984. The summed E-state index contributed by atoms with van der Waals surface area (Å²) < 4.78 is 7.13. The maximum Gasteiger partial charge on any atom is 0.263 e. The van der Waals surface area contributed by atoms with E-state index in [4.69, 9.17) is 9.72 Å². The number of fused-ring (bicyclic) bond motifs is 1. The number of ether oxygens (including phenoxy) is 1. The van der Waals surface area contributed by atoms with Gasteiger partial charge in [0.05, 0.1) is 10.6 Å². The number of amides is 1. The van der Waals surface area contributed by atoms with Crippen molar-refractivity contribution >= 4 is 39.2 Å². The summed E-state index contributed by atoms with van der Waals surface area (Å²) in [7, 11) is 0. The molecule has 1 aliphatic carbocycles. The first-order chi connectivity index (χ1) is 12.9. The Hall–Kier alpha value is -1.38. The van der Waals surface area contributed by atoms with Gasteiger partial charge in [0.2, 0.25) is 5.91 Å². The van der Waals surface area contributed by atoms with Crippen molar-refractivity contribution in [3.63, 3.8) is 0 Å². The summed E-state index contributed by atoms with van der Waals surface area (Å²) in [4.78, 5) is 32.1. The van der Waals surface area contributed by atoms with Crippen LogP contribution in [-0.4, -0.2) is 40.0 Å². The zero-order valence-electron chi connectivity index (χ0n) is 16.3. The number of hydrogen-bond donors (Lipinski definition) is 1. The lowest BCUT2D eigenvalue weighted by atomic mass is 10.2. The van der Waals surface area contributed by atoms with Gasteiger partial charge in [-0.15, -0.1) is 11.3 Å². The Labute approximate surface area is 167 Å². The molecule has 0 unspecified atom stereocenters. The van der Waals surface area contributed by atoms with E-state index < -0.39 is 0 Å². The van der Waals surface area contributed by atoms with Gasteiger partial charge in [-0.25, -0.2) is 4.98 Å². The molecule has 27 heavy (non-hydrogen) atoms. The van der Waals surface area contributed by atoms with E-state index in [0.717, 1.165) is 34.5 Å². The van der Waals surface area contributed by atoms with E-state index >= 15 is 0 Å². The highest BCUT2D eigenvalue weighted by atomic mass is 32.2. The quantitative estimate of drug-likeness (QED) is 0.391. The lowest BCUT2D eigenvalue weighted by Gasteiger charge is -2.15. The molecule has 0 radical (unpaired) electrons. The van der Waals surface area contributed by atoms with Crippen LogP contribution in [0, 0.1) is 13.8 Å². The first-order valence-electron chi connectivity index (χ1n) is 9.47. The largest absolute Gasteiger partial charge is 0.382 e. The zero-order chi connectivity index (χ0) is 19.6. The average molecular weight is 410 g/mol. The molecule has 148 valence electrons. The van der Waals surface area contributed by atoms with Gasteiger partial charge in [-0.05, 0) is 52.5 Å². The third kappa shape index (κ3) is 4.73. The first kappa shape index (κ1) is 20.4. The van der Waals surface area contributed by atoms with Gasteiger partial charge in [0.15, 0.2) is 5.16 Å². The summed E-state index contributed by atoms with van der Waals surface area (Å²) in [6.07, 6.45) is 2.85. The maximum absolute atomic E-state index is 13.2. The minimum atomic E-state index is -0.296. The van der Waals surface area contributed by atoms with Crippen molar-refractivity contribution in [1.82, 2.24) is 14.9 Å². The Morgan fingerprint density at radius 1 is 1.44 bits per heavy atom. The van der Waals surface area contributed by atoms with Crippen LogP contribution in [0.3, 0.4) is 0 Å². The molecule has 0 spiro atoms. The fourth-order valence-corrected chi connectivity index (χ4v) is 4.84. The molecule has 1 amide bonds. The standard InChI is InChI=1S/C19H27N3O3S2/c1-5-25-10-6-9-22-18(24)15-11(2)12(3)26-17(15)21-19(22)27-13(4)16(23)20-14-7-8-14/h13-14H,5-10H2,1-4H3,(H,20,23)/t13-/m0/s1. The van der Waals surface area contributed by atoms with E-state index in [1.54, 1.807) is 15.9 Å². The molecular formula is C19H27N3O3S2. The molecule has 0 aliphatic heterocycles. The highest BCUT2D eigenvalue weighted by Crippen LogP contribution is 2.30. The number of carbonyl (C=O) groups excluding carboxylic acids is 1. The van der Waals surface area contributed by atoms with Gasteiger partial charge in [0, 0.05) is 30.7 Å². The van der Waals surface area contributed by atoms with Crippen LogP contribution < -0.4 is 10.9 Å². The van der Waals surface area contributed by atoms with E-state index in [2.05, 4.69) is 5.32 Å². The zero-order valence-corrected chi connectivity index (χ0v) is 18.0. The van der Waals surface area contributed by atoms with Crippen LogP contribution in [0.4, 0.5) is 0 Å². The molecule has 0 aromatic carbocycles. The second-order valence-electron chi connectivity index (χ2n) is 6.91. The van der Waals surface area contributed by atoms with E-state index in [-0.39, 0.29) is 16.7 Å². The van der Waals surface area contributed by atoms with Crippen LogP contribution in [0.5, 0.6) is 0 Å². The van der Waals surface area contributed by atoms with Crippen LogP contribution in [0.1, 0.15) is 43.6 Å². The molecule has 0 bridgehead atoms. The highest BCUT2D eigenvalue weighted by Gasteiger charge is 2.27. The number of aromatic nitrogens is 2. The van der Waals surface area contributed by atoms with Crippen LogP contribution in [0.25, 0.3) is 10.2 Å². The lowest BCUT2D eigenvalue weighted by molar-refractivity contribution is -0.120. The number of nitrogens with zero attached hydrogens (tertiary/aromatic N) is 2. The minimum Gasteiger partial charge on any atom is -0.382 e. The Morgan fingerprint density at radius 3 is 2.85 bits per heavy atom. The van der Waals surface area contributed by atoms with Crippen molar-refractivity contribution in [2.75, 3.05) is 13.2 Å².